The van der Waals surface area contributed by atoms with Crippen molar-refractivity contribution in [2.75, 3.05) is 0 Å². The second-order valence-corrected chi connectivity index (χ2v) is 3.48. The van der Waals surface area contributed by atoms with E-state index in [-0.39, 0.29) is 12.1 Å². The lowest BCUT2D eigenvalue weighted by Crippen LogP contribution is -2.16. The van der Waals surface area contributed by atoms with Gasteiger partial charge < -0.3 is 11.5 Å². The molecule has 0 saturated carbocycles. The summed E-state index contributed by atoms with van der Waals surface area (Å²) in [5.74, 6) is -2.68. The van der Waals surface area contributed by atoms with Crippen molar-refractivity contribution in [1.29, 1.82) is 5.41 Å². The van der Waals surface area contributed by atoms with E-state index in [0.29, 0.717) is 0 Å². The number of nitrogens with one attached hydrogen (secondary N) is 1. The van der Waals surface area contributed by atoms with Gasteiger partial charge >= 0.3 is 0 Å². The third-order valence-electron chi connectivity index (χ3n) is 1.83. The van der Waals surface area contributed by atoms with Gasteiger partial charge in [-0.05, 0) is 0 Å². The summed E-state index contributed by atoms with van der Waals surface area (Å²) in [6.07, 6.45) is 0. The molecule has 5 N–H and O–H groups in total. The number of rotatable bonds is 2. The van der Waals surface area contributed by atoms with Crippen LogP contribution in [0.2, 0.25) is 10.0 Å². The van der Waals surface area contributed by atoms with Crippen LogP contribution >= 0.6 is 23.2 Å². The highest BCUT2D eigenvalue weighted by Gasteiger charge is 2.23. The fraction of sp³-hybridized carbons (Fsp3) is 0.125. The van der Waals surface area contributed by atoms with Gasteiger partial charge in [-0.15, -0.1) is 0 Å². The molecule has 1 rings (SSSR count). The highest BCUT2D eigenvalue weighted by atomic mass is 35.5. The monoisotopic (exact) mass is 253 g/mol. The third-order valence-corrected chi connectivity index (χ3v) is 2.54. The van der Waals surface area contributed by atoms with Gasteiger partial charge in [0, 0.05) is 12.1 Å². The molecule has 1 aromatic rings. The average molecular weight is 254 g/mol. The molecule has 3 nitrogen and oxygen atoms in total. The van der Waals surface area contributed by atoms with E-state index in [1.807, 2.05) is 0 Å². The Morgan fingerprint density at radius 1 is 1.20 bits per heavy atom. The van der Waals surface area contributed by atoms with Crippen LogP contribution in [-0.4, -0.2) is 5.84 Å². The minimum Gasteiger partial charge on any atom is -0.384 e. The Bertz CT molecular complexity index is 405. The van der Waals surface area contributed by atoms with E-state index >= 15 is 0 Å². The van der Waals surface area contributed by atoms with Crippen LogP contribution in [0.1, 0.15) is 11.1 Å². The van der Waals surface area contributed by atoms with Gasteiger partial charge in [0.25, 0.3) is 0 Å². The van der Waals surface area contributed by atoms with Crippen molar-refractivity contribution in [3.8, 4) is 0 Å². The normalized spacial score (nSPS) is 10.5. The summed E-state index contributed by atoms with van der Waals surface area (Å²) in [7, 11) is 0. The zero-order valence-corrected chi connectivity index (χ0v) is 8.89. The first kappa shape index (κ1) is 12.2. The molecule has 0 unspecified atom stereocenters. The molecule has 0 fully saturated rings. The molecule has 0 radical (unpaired) electrons. The summed E-state index contributed by atoms with van der Waals surface area (Å²) < 4.78 is 26.8. The quantitative estimate of drug-likeness (QED) is 0.429. The van der Waals surface area contributed by atoms with Crippen molar-refractivity contribution in [3.05, 3.63) is 32.8 Å². The first-order valence-electron chi connectivity index (χ1n) is 3.81. The Hall–Kier alpha value is -0.910. The van der Waals surface area contributed by atoms with E-state index in [4.69, 9.17) is 40.1 Å². The van der Waals surface area contributed by atoms with Crippen LogP contribution in [-0.2, 0) is 6.54 Å². The number of nitrogens with two attached hydrogens (primary N) is 2. The Morgan fingerprint density at radius 3 is 1.87 bits per heavy atom. The van der Waals surface area contributed by atoms with Crippen LogP contribution < -0.4 is 11.5 Å². The highest BCUT2D eigenvalue weighted by Crippen LogP contribution is 2.32. The third kappa shape index (κ3) is 1.90. The maximum Gasteiger partial charge on any atom is 0.150 e. The maximum atomic E-state index is 13.4. The van der Waals surface area contributed by atoms with Crippen molar-refractivity contribution >= 4 is 29.0 Å². The van der Waals surface area contributed by atoms with Crippen molar-refractivity contribution in [1.82, 2.24) is 0 Å². The molecule has 0 aliphatic carbocycles. The van der Waals surface area contributed by atoms with E-state index < -0.39 is 33.1 Å². The fourth-order valence-electron chi connectivity index (χ4n) is 1.09. The van der Waals surface area contributed by atoms with Crippen molar-refractivity contribution in [3.63, 3.8) is 0 Å². The first-order valence-corrected chi connectivity index (χ1v) is 4.56. The van der Waals surface area contributed by atoms with Gasteiger partial charge in [0.1, 0.15) is 17.5 Å². The van der Waals surface area contributed by atoms with E-state index in [1.165, 1.54) is 0 Å². The Labute approximate surface area is 94.5 Å². The molecule has 0 aliphatic rings. The van der Waals surface area contributed by atoms with Crippen molar-refractivity contribution in [2.24, 2.45) is 11.5 Å². The molecule has 0 atom stereocenters. The van der Waals surface area contributed by atoms with Crippen LogP contribution in [0.3, 0.4) is 0 Å². The predicted molar refractivity (Wildman–Crippen MR) is 55.3 cm³/mol. The highest BCUT2D eigenvalue weighted by molar-refractivity contribution is 6.40. The molecular formula is C8H7Cl2F2N3. The zero-order chi connectivity index (χ0) is 11.7. The summed E-state index contributed by atoms with van der Waals surface area (Å²) in [5.41, 5.74) is 9.45. The van der Waals surface area contributed by atoms with Crippen LogP contribution in [0, 0.1) is 17.0 Å². The minimum absolute atomic E-state index is 0.356. The summed E-state index contributed by atoms with van der Waals surface area (Å²) in [5, 5.41) is 6.10. The lowest BCUT2D eigenvalue weighted by molar-refractivity contribution is 0.557. The van der Waals surface area contributed by atoms with E-state index in [0.717, 1.165) is 0 Å². The molecule has 1 aromatic carbocycles. The molecule has 0 bridgehead atoms. The second kappa shape index (κ2) is 4.30. The van der Waals surface area contributed by atoms with Crippen LogP contribution in [0.4, 0.5) is 8.78 Å². The first-order chi connectivity index (χ1) is 6.91. The fourth-order valence-corrected chi connectivity index (χ4v) is 1.76. The topological polar surface area (TPSA) is 75.9 Å². The summed E-state index contributed by atoms with van der Waals surface area (Å²) in [6, 6.07) is 0. The lowest BCUT2D eigenvalue weighted by atomic mass is 10.1. The Kier molecular flexibility index (Phi) is 3.49. The summed E-state index contributed by atoms with van der Waals surface area (Å²) in [4.78, 5) is 0. The van der Waals surface area contributed by atoms with Gasteiger partial charge in [0.15, 0.2) is 0 Å². The standard InChI is InChI=1S/C8H7Cl2F2N3/c9-4-3(8(14)15)5(10)7(12)2(1-13)6(4)11/h1,13H2,(H3,14,15). The van der Waals surface area contributed by atoms with Gasteiger partial charge in [-0.25, -0.2) is 8.78 Å². The number of hydrogen-bond donors (Lipinski definition) is 3. The van der Waals surface area contributed by atoms with E-state index in [2.05, 4.69) is 0 Å². The Balaban J connectivity index is 3.66. The van der Waals surface area contributed by atoms with Crippen molar-refractivity contribution in [2.45, 2.75) is 6.54 Å². The molecule has 0 amide bonds. The second-order valence-electron chi connectivity index (χ2n) is 2.73. The largest absolute Gasteiger partial charge is 0.384 e. The number of halogens is 4. The number of hydrogen-bond acceptors (Lipinski definition) is 2. The number of benzene rings is 1. The molecule has 7 heteroatoms. The number of amidine groups is 1. The van der Waals surface area contributed by atoms with E-state index in [9.17, 15) is 8.78 Å². The van der Waals surface area contributed by atoms with E-state index in [1.54, 1.807) is 0 Å². The summed E-state index contributed by atoms with van der Waals surface area (Å²) in [6.45, 7) is -0.380. The van der Waals surface area contributed by atoms with Crippen LogP contribution in [0.25, 0.3) is 0 Å². The molecule has 0 saturated heterocycles. The average Bonchev–Trinajstić information content (AvgIpc) is 2.16. The molecule has 15 heavy (non-hydrogen) atoms. The molecule has 82 valence electrons. The van der Waals surface area contributed by atoms with Crippen molar-refractivity contribution < 1.29 is 8.78 Å². The molecular weight excluding hydrogens is 247 g/mol. The SMILES string of the molecule is N=C(N)c1c(Cl)c(F)c(CN)c(F)c1Cl. The van der Waals surface area contributed by atoms with Crippen LogP contribution in [0.15, 0.2) is 0 Å². The smallest absolute Gasteiger partial charge is 0.150 e. The van der Waals surface area contributed by atoms with Gasteiger partial charge in [-0.1, -0.05) is 23.2 Å². The predicted octanol–water partition coefficient (Wildman–Crippen LogP) is 2.01. The molecule has 0 aliphatic heterocycles. The van der Waals surface area contributed by atoms with Gasteiger partial charge in [0.05, 0.1) is 15.6 Å². The molecule has 0 heterocycles. The zero-order valence-electron chi connectivity index (χ0n) is 7.37. The summed E-state index contributed by atoms with van der Waals surface area (Å²) >= 11 is 11.1. The minimum atomic E-state index is -1.04. The maximum absolute atomic E-state index is 13.4. The lowest BCUT2D eigenvalue weighted by Gasteiger charge is -2.11. The number of nitrogen functional groups attached to an aromatic ring is 1. The van der Waals surface area contributed by atoms with Gasteiger partial charge in [0.2, 0.25) is 0 Å². The molecule has 0 spiro atoms. The van der Waals surface area contributed by atoms with Crippen LogP contribution in [0.5, 0.6) is 0 Å². The van der Waals surface area contributed by atoms with Gasteiger partial charge in [-0.2, -0.15) is 0 Å². The Morgan fingerprint density at radius 2 is 1.60 bits per heavy atom. The molecule has 0 aromatic heterocycles. The van der Waals surface area contributed by atoms with Gasteiger partial charge in [-0.3, -0.25) is 5.41 Å².